The van der Waals surface area contributed by atoms with Gasteiger partial charge in [-0.15, -0.1) is 0 Å². The average molecular weight is 224 g/mol. The van der Waals surface area contributed by atoms with Gasteiger partial charge >= 0.3 is 6.03 Å². The van der Waals surface area contributed by atoms with E-state index in [4.69, 9.17) is 0 Å². The van der Waals surface area contributed by atoms with E-state index in [2.05, 4.69) is 12.2 Å². The largest absolute Gasteiger partial charge is 0.337 e. The molecule has 1 heterocycles. The van der Waals surface area contributed by atoms with E-state index in [0.717, 1.165) is 19.6 Å². The lowest BCUT2D eigenvalue weighted by atomic mass is 10.0. The first-order valence-electron chi connectivity index (χ1n) is 6.79. The van der Waals surface area contributed by atoms with Crippen molar-refractivity contribution in [3.8, 4) is 0 Å². The highest BCUT2D eigenvalue weighted by molar-refractivity contribution is 5.74. The molecule has 92 valence electrons. The zero-order valence-electron chi connectivity index (χ0n) is 10.4. The molecular weight excluding hydrogens is 200 g/mol. The summed E-state index contributed by atoms with van der Waals surface area (Å²) in [7, 11) is 0. The number of urea groups is 1. The zero-order valence-corrected chi connectivity index (χ0v) is 10.4. The van der Waals surface area contributed by atoms with Gasteiger partial charge < -0.3 is 10.2 Å². The lowest BCUT2D eigenvalue weighted by molar-refractivity contribution is 0.183. The molecule has 0 radical (unpaired) electrons. The summed E-state index contributed by atoms with van der Waals surface area (Å²) in [6.45, 7) is 5.03. The number of hydrogen-bond donors (Lipinski definition) is 1. The number of hydrogen-bond acceptors (Lipinski definition) is 1. The molecular formula is C13H24N2O. The smallest absolute Gasteiger partial charge is 0.317 e. The summed E-state index contributed by atoms with van der Waals surface area (Å²) in [5.74, 6) is 0. The quantitative estimate of drug-likeness (QED) is 0.782. The summed E-state index contributed by atoms with van der Waals surface area (Å²) in [5, 5.41) is 3.13. The Balaban J connectivity index is 1.70. The molecule has 1 aliphatic carbocycles. The summed E-state index contributed by atoms with van der Waals surface area (Å²) in [5.41, 5.74) is 0.472. The molecule has 2 amide bonds. The van der Waals surface area contributed by atoms with E-state index in [0.29, 0.717) is 5.41 Å². The Hall–Kier alpha value is -0.730. The Morgan fingerprint density at radius 3 is 2.50 bits per heavy atom. The van der Waals surface area contributed by atoms with Crippen molar-refractivity contribution >= 4 is 6.03 Å². The molecule has 2 aliphatic rings. The van der Waals surface area contributed by atoms with Crippen LogP contribution >= 0.6 is 0 Å². The first-order valence-corrected chi connectivity index (χ1v) is 6.79. The number of nitrogens with zero attached hydrogens (tertiary/aromatic N) is 1. The predicted octanol–water partition coefficient (Wildman–Crippen LogP) is 2.76. The Labute approximate surface area is 98.6 Å². The Morgan fingerprint density at radius 1 is 1.25 bits per heavy atom. The third kappa shape index (κ3) is 2.89. The first-order chi connectivity index (χ1) is 7.76. The number of rotatable bonds is 4. The predicted molar refractivity (Wildman–Crippen MR) is 65.4 cm³/mol. The van der Waals surface area contributed by atoms with Crippen molar-refractivity contribution in [3.05, 3.63) is 0 Å². The van der Waals surface area contributed by atoms with Crippen molar-refractivity contribution in [3.63, 3.8) is 0 Å². The number of nitrogens with one attached hydrogen (secondary N) is 1. The molecule has 1 saturated heterocycles. The molecule has 0 atom stereocenters. The second kappa shape index (κ2) is 5.07. The molecule has 16 heavy (non-hydrogen) atoms. The lowest BCUT2D eigenvalue weighted by Crippen LogP contribution is -2.44. The maximum Gasteiger partial charge on any atom is 0.317 e. The Morgan fingerprint density at radius 2 is 1.94 bits per heavy atom. The molecule has 0 aromatic rings. The summed E-state index contributed by atoms with van der Waals surface area (Å²) >= 11 is 0. The van der Waals surface area contributed by atoms with Crippen molar-refractivity contribution < 1.29 is 4.79 Å². The van der Waals surface area contributed by atoms with Crippen LogP contribution in [0.5, 0.6) is 0 Å². The van der Waals surface area contributed by atoms with Gasteiger partial charge in [0, 0.05) is 19.6 Å². The highest BCUT2D eigenvalue weighted by Gasteiger charge is 2.41. The molecule has 3 nitrogen and oxygen atoms in total. The molecule has 0 aromatic carbocycles. The van der Waals surface area contributed by atoms with Gasteiger partial charge in [0.2, 0.25) is 0 Å². The van der Waals surface area contributed by atoms with E-state index in [1.165, 1.54) is 44.9 Å². The summed E-state index contributed by atoms with van der Waals surface area (Å²) in [6.07, 6.45) is 8.75. The van der Waals surface area contributed by atoms with E-state index < -0.39 is 0 Å². The monoisotopic (exact) mass is 224 g/mol. The molecule has 0 bridgehead atoms. The maximum absolute atomic E-state index is 11.9. The zero-order chi connectivity index (χ0) is 11.4. The van der Waals surface area contributed by atoms with E-state index in [-0.39, 0.29) is 6.03 Å². The molecule has 2 fully saturated rings. The van der Waals surface area contributed by atoms with Gasteiger partial charge in [0.15, 0.2) is 0 Å². The fourth-order valence-corrected chi connectivity index (χ4v) is 2.69. The van der Waals surface area contributed by atoms with E-state index in [1.807, 2.05) is 4.90 Å². The number of carbonyl (C=O) groups is 1. The number of carbonyl (C=O) groups excluding carboxylic acids is 1. The standard InChI is InChI=1S/C13H24N2O/c1-2-6-13(7-8-13)11-14-12(16)15-9-4-3-5-10-15/h2-11H2,1H3,(H,14,16). The lowest BCUT2D eigenvalue weighted by Gasteiger charge is -2.27. The van der Waals surface area contributed by atoms with E-state index in [1.54, 1.807) is 0 Å². The molecule has 2 rings (SSSR count). The molecule has 1 N–H and O–H groups in total. The second-order valence-corrected chi connectivity index (χ2v) is 5.46. The van der Waals surface area contributed by atoms with Crippen molar-refractivity contribution in [2.75, 3.05) is 19.6 Å². The second-order valence-electron chi connectivity index (χ2n) is 5.46. The SMILES string of the molecule is CCCC1(CNC(=O)N2CCCCC2)CC1. The van der Waals surface area contributed by atoms with E-state index >= 15 is 0 Å². The number of likely N-dealkylation sites (tertiary alicyclic amines) is 1. The third-order valence-corrected chi connectivity index (χ3v) is 4.00. The van der Waals surface area contributed by atoms with Crippen LogP contribution in [0.3, 0.4) is 0 Å². The molecule has 3 heteroatoms. The molecule has 1 aliphatic heterocycles. The first kappa shape index (κ1) is 11.7. The minimum Gasteiger partial charge on any atom is -0.337 e. The Kier molecular flexibility index (Phi) is 3.72. The fourth-order valence-electron chi connectivity index (χ4n) is 2.69. The van der Waals surface area contributed by atoms with Crippen LogP contribution in [-0.4, -0.2) is 30.6 Å². The van der Waals surface area contributed by atoms with Gasteiger partial charge in [0.25, 0.3) is 0 Å². The highest BCUT2D eigenvalue weighted by Crippen LogP contribution is 2.48. The molecule has 0 aromatic heterocycles. The maximum atomic E-state index is 11.9. The van der Waals surface area contributed by atoms with Crippen LogP contribution in [-0.2, 0) is 0 Å². The van der Waals surface area contributed by atoms with Gasteiger partial charge in [-0.25, -0.2) is 4.79 Å². The van der Waals surface area contributed by atoms with Crippen LogP contribution in [0, 0.1) is 5.41 Å². The minimum absolute atomic E-state index is 0.169. The average Bonchev–Trinajstić information content (AvgIpc) is 3.08. The summed E-state index contributed by atoms with van der Waals surface area (Å²) < 4.78 is 0. The minimum atomic E-state index is 0.169. The molecule has 0 unspecified atom stereocenters. The normalized spacial score (nSPS) is 22.9. The fraction of sp³-hybridized carbons (Fsp3) is 0.923. The highest BCUT2D eigenvalue weighted by atomic mass is 16.2. The van der Waals surface area contributed by atoms with Crippen LogP contribution in [0.15, 0.2) is 0 Å². The van der Waals surface area contributed by atoms with Crippen LogP contribution in [0.2, 0.25) is 0 Å². The topological polar surface area (TPSA) is 32.3 Å². The van der Waals surface area contributed by atoms with Crippen molar-refractivity contribution in [2.45, 2.75) is 51.9 Å². The molecule has 1 saturated carbocycles. The van der Waals surface area contributed by atoms with Gasteiger partial charge in [-0.3, -0.25) is 0 Å². The van der Waals surface area contributed by atoms with Gasteiger partial charge in [-0.2, -0.15) is 0 Å². The van der Waals surface area contributed by atoms with Crippen LogP contribution in [0.25, 0.3) is 0 Å². The van der Waals surface area contributed by atoms with Crippen LogP contribution in [0.4, 0.5) is 4.79 Å². The van der Waals surface area contributed by atoms with Crippen LogP contribution in [0.1, 0.15) is 51.9 Å². The number of amides is 2. The van der Waals surface area contributed by atoms with Crippen molar-refractivity contribution in [1.82, 2.24) is 10.2 Å². The van der Waals surface area contributed by atoms with E-state index in [9.17, 15) is 4.79 Å². The summed E-state index contributed by atoms with van der Waals surface area (Å²) in [6, 6.07) is 0.169. The Bertz CT molecular complexity index is 242. The third-order valence-electron chi connectivity index (χ3n) is 4.00. The summed E-state index contributed by atoms with van der Waals surface area (Å²) in [4.78, 5) is 13.9. The van der Waals surface area contributed by atoms with Gasteiger partial charge in [0.05, 0.1) is 0 Å². The van der Waals surface area contributed by atoms with Gasteiger partial charge in [-0.05, 0) is 43.9 Å². The van der Waals surface area contributed by atoms with Crippen molar-refractivity contribution in [1.29, 1.82) is 0 Å². The van der Waals surface area contributed by atoms with Crippen LogP contribution < -0.4 is 5.32 Å². The number of piperidine rings is 1. The van der Waals surface area contributed by atoms with Gasteiger partial charge in [-0.1, -0.05) is 13.3 Å². The molecule has 0 spiro atoms. The van der Waals surface area contributed by atoms with Crippen molar-refractivity contribution in [2.24, 2.45) is 5.41 Å². The van der Waals surface area contributed by atoms with Gasteiger partial charge in [0.1, 0.15) is 0 Å².